The molecule has 0 spiro atoms. The third kappa shape index (κ3) is 3.42. The molecule has 2 aromatic heterocycles. The number of amides is 1. The van der Waals surface area contributed by atoms with Crippen molar-refractivity contribution in [3.8, 4) is 0 Å². The Labute approximate surface area is 137 Å². The van der Waals surface area contributed by atoms with E-state index in [1.54, 1.807) is 17.8 Å². The Morgan fingerprint density at radius 1 is 1.57 bits per heavy atom. The Balaban J connectivity index is 1.80. The molecule has 2 atom stereocenters. The predicted molar refractivity (Wildman–Crippen MR) is 84.3 cm³/mol. The maximum absolute atomic E-state index is 12.6. The van der Waals surface area contributed by atoms with Crippen molar-refractivity contribution in [2.75, 3.05) is 0 Å². The van der Waals surface area contributed by atoms with Crippen LogP contribution >= 0.6 is 11.3 Å². The Morgan fingerprint density at radius 2 is 2.39 bits per heavy atom. The first kappa shape index (κ1) is 15.7. The summed E-state index contributed by atoms with van der Waals surface area (Å²) in [5.41, 5.74) is 1.46. The third-order valence-electron chi connectivity index (χ3n) is 4.00. The summed E-state index contributed by atoms with van der Waals surface area (Å²) >= 11 is 1.33. The highest BCUT2D eigenvalue weighted by molar-refractivity contribution is 7.09. The van der Waals surface area contributed by atoms with Gasteiger partial charge in [-0.05, 0) is 18.8 Å². The minimum absolute atomic E-state index is 0.195. The molecule has 0 aliphatic carbocycles. The van der Waals surface area contributed by atoms with Crippen LogP contribution in [0.25, 0.3) is 0 Å². The van der Waals surface area contributed by atoms with Crippen LogP contribution in [0.4, 0.5) is 0 Å². The number of carbonyl (C=O) groups is 2. The van der Waals surface area contributed by atoms with Gasteiger partial charge in [0.2, 0.25) is 0 Å². The molecule has 0 saturated heterocycles. The van der Waals surface area contributed by atoms with Gasteiger partial charge in [-0.3, -0.25) is 14.3 Å². The van der Waals surface area contributed by atoms with Crippen molar-refractivity contribution < 1.29 is 14.7 Å². The number of carboxylic acids is 1. The second kappa shape index (κ2) is 6.49. The summed E-state index contributed by atoms with van der Waals surface area (Å²) in [7, 11) is 0. The summed E-state index contributed by atoms with van der Waals surface area (Å²) < 4.78 is 1.87. The van der Waals surface area contributed by atoms with Gasteiger partial charge >= 0.3 is 5.97 Å². The zero-order chi connectivity index (χ0) is 16.4. The van der Waals surface area contributed by atoms with Crippen molar-refractivity contribution in [1.29, 1.82) is 0 Å². The van der Waals surface area contributed by atoms with Crippen LogP contribution in [0.2, 0.25) is 0 Å². The van der Waals surface area contributed by atoms with E-state index in [-0.39, 0.29) is 12.3 Å². The van der Waals surface area contributed by atoms with Gasteiger partial charge in [-0.25, -0.2) is 4.98 Å². The van der Waals surface area contributed by atoms with Crippen LogP contribution in [0.1, 0.15) is 46.9 Å². The molecule has 1 aliphatic heterocycles. The zero-order valence-corrected chi connectivity index (χ0v) is 13.5. The van der Waals surface area contributed by atoms with E-state index in [0.717, 1.165) is 25.1 Å². The molecule has 3 rings (SSSR count). The van der Waals surface area contributed by atoms with Gasteiger partial charge in [0, 0.05) is 18.1 Å². The molecule has 122 valence electrons. The molecule has 0 bridgehead atoms. The standard InChI is InChI=1S/C15H18N4O3S/c1-9-2-4-19-12(6-9)10(8-17-19)14(22)18-11(7-13(20)21)15-16-3-5-23-15/h3,5,8-9,11H,2,4,6-7H2,1H3,(H,18,22)(H,20,21). The highest BCUT2D eigenvalue weighted by Crippen LogP contribution is 2.24. The molecule has 3 heterocycles. The molecule has 8 heteroatoms. The first-order valence-corrected chi connectivity index (χ1v) is 8.39. The second-order valence-electron chi connectivity index (χ2n) is 5.82. The predicted octanol–water partition coefficient (Wildman–Crippen LogP) is 1.87. The largest absolute Gasteiger partial charge is 0.481 e. The van der Waals surface area contributed by atoms with Crippen molar-refractivity contribution in [3.63, 3.8) is 0 Å². The maximum atomic E-state index is 12.6. The summed E-state index contributed by atoms with van der Waals surface area (Å²) in [4.78, 5) is 27.8. The van der Waals surface area contributed by atoms with E-state index in [0.29, 0.717) is 16.5 Å². The van der Waals surface area contributed by atoms with Crippen LogP contribution < -0.4 is 5.32 Å². The number of aromatic nitrogens is 3. The molecule has 1 aliphatic rings. The molecule has 0 fully saturated rings. The number of nitrogens with one attached hydrogen (secondary N) is 1. The van der Waals surface area contributed by atoms with Crippen LogP contribution in [0.15, 0.2) is 17.8 Å². The van der Waals surface area contributed by atoms with E-state index < -0.39 is 12.0 Å². The second-order valence-corrected chi connectivity index (χ2v) is 6.75. The fourth-order valence-corrected chi connectivity index (χ4v) is 3.49. The van der Waals surface area contributed by atoms with Gasteiger partial charge in [0.15, 0.2) is 0 Å². The Morgan fingerprint density at radius 3 is 3.09 bits per heavy atom. The number of rotatable bonds is 5. The topological polar surface area (TPSA) is 97.1 Å². The third-order valence-corrected chi connectivity index (χ3v) is 4.89. The molecule has 0 aromatic carbocycles. The van der Waals surface area contributed by atoms with E-state index in [1.165, 1.54) is 11.3 Å². The number of thiazole rings is 1. The number of carbonyl (C=O) groups excluding carboxylic acids is 1. The lowest BCUT2D eigenvalue weighted by Gasteiger charge is -2.21. The van der Waals surface area contributed by atoms with Gasteiger partial charge in [0.05, 0.1) is 29.9 Å². The van der Waals surface area contributed by atoms with Gasteiger partial charge < -0.3 is 10.4 Å². The fraction of sp³-hybridized carbons (Fsp3) is 0.467. The van der Waals surface area contributed by atoms with Gasteiger partial charge in [0.25, 0.3) is 5.91 Å². The first-order chi connectivity index (χ1) is 11.0. The van der Waals surface area contributed by atoms with Crippen LogP contribution in [-0.2, 0) is 17.8 Å². The maximum Gasteiger partial charge on any atom is 0.305 e. The van der Waals surface area contributed by atoms with Crippen LogP contribution in [-0.4, -0.2) is 31.7 Å². The summed E-state index contributed by atoms with van der Waals surface area (Å²) in [6.07, 6.45) is 4.84. The number of aliphatic carboxylic acids is 1. The monoisotopic (exact) mass is 334 g/mol. The minimum atomic E-state index is -0.976. The van der Waals surface area contributed by atoms with Crippen molar-refractivity contribution in [2.45, 2.75) is 38.8 Å². The zero-order valence-electron chi connectivity index (χ0n) is 12.7. The lowest BCUT2D eigenvalue weighted by Crippen LogP contribution is -2.31. The molecular formula is C15H18N4O3S. The van der Waals surface area contributed by atoms with Crippen molar-refractivity contribution >= 4 is 23.2 Å². The van der Waals surface area contributed by atoms with Gasteiger partial charge in [-0.1, -0.05) is 6.92 Å². The summed E-state index contributed by atoms with van der Waals surface area (Å²) in [5, 5.41) is 18.5. The van der Waals surface area contributed by atoms with Gasteiger partial charge in [0.1, 0.15) is 5.01 Å². The Kier molecular flexibility index (Phi) is 4.42. The summed E-state index contributed by atoms with van der Waals surface area (Å²) in [6, 6.07) is -0.628. The lowest BCUT2D eigenvalue weighted by atomic mass is 9.96. The minimum Gasteiger partial charge on any atom is -0.481 e. The number of hydrogen-bond donors (Lipinski definition) is 2. The Bertz CT molecular complexity index is 710. The van der Waals surface area contributed by atoms with Crippen LogP contribution in [0.5, 0.6) is 0 Å². The van der Waals surface area contributed by atoms with Crippen molar-refractivity contribution in [3.05, 3.63) is 34.0 Å². The van der Waals surface area contributed by atoms with Gasteiger partial charge in [-0.15, -0.1) is 11.3 Å². The molecule has 2 N–H and O–H groups in total. The fourth-order valence-electron chi connectivity index (χ4n) is 2.80. The molecule has 1 amide bonds. The quantitative estimate of drug-likeness (QED) is 0.870. The van der Waals surface area contributed by atoms with Crippen molar-refractivity contribution in [2.24, 2.45) is 5.92 Å². The molecular weight excluding hydrogens is 316 g/mol. The molecule has 2 aromatic rings. The average molecular weight is 334 g/mol. The van der Waals surface area contributed by atoms with E-state index >= 15 is 0 Å². The molecule has 0 saturated carbocycles. The SMILES string of the molecule is CC1CCn2ncc(C(=O)NC(CC(=O)O)c3nccs3)c2C1. The first-order valence-electron chi connectivity index (χ1n) is 7.51. The number of nitrogens with zero attached hydrogens (tertiary/aromatic N) is 3. The molecule has 7 nitrogen and oxygen atoms in total. The highest BCUT2D eigenvalue weighted by Gasteiger charge is 2.26. The van der Waals surface area contributed by atoms with E-state index in [9.17, 15) is 9.59 Å². The molecule has 23 heavy (non-hydrogen) atoms. The van der Waals surface area contributed by atoms with Crippen LogP contribution in [0, 0.1) is 5.92 Å². The number of aryl methyl sites for hydroxylation is 1. The van der Waals surface area contributed by atoms with Gasteiger partial charge in [-0.2, -0.15) is 5.10 Å². The Hall–Kier alpha value is -2.22. The van der Waals surface area contributed by atoms with Crippen molar-refractivity contribution in [1.82, 2.24) is 20.1 Å². The average Bonchev–Trinajstić information content (AvgIpc) is 3.15. The summed E-state index contributed by atoms with van der Waals surface area (Å²) in [5.74, 6) is -0.752. The normalized spacial score (nSPS) is 18.2. The molecule has 2 unspecified atom stereocenters. The number of carboxylic acid groups (broad SMARTS) is 1. The van der Waals surface area contributed by atoms with E-state index in [4.69, 9.17) is 5.11 Å². The van der Waals surface area contributed by atoms with E-state index in [1.807, 2.05) is 4.68 Å². The number of hydrogen-bond acceptors (Lipinski definition) is 5. The lowest BCUT2D eigenvalue weighted by molar-refractivity contribution is -0.137. The smallest absolute Gasteiger partial charge is 0.305 e. The highest BCUT2D eigenvalue weighted by atomic mass is 32.1. The molecule has 0 radical (unpaired) electrons. The summed E-state index contributed by atoms with van der Waals surface area (Å²) in [6.45, 7) is 2.97. The van der Waals surface area contributed by atoms with Crippen LogP contribution in [0.3, 0.4) is 0 Å². The van der Waals surface area contributed by atoms with E-state index in [2.05, 4.69) is 22.3 Å². The number of fused-ring (bicyclic) bond motifs is 1.